The number of nitrogens with zero attached hydrogens (tertiary/aromatic N) is 2. The average Bonchev–Trinajstić information content (AvgIpc) is 3.16. The van der Waals surface area contributed by atoms with Crippen molar-refractivity contribution in [1.82, 2.24) is 9.88 Å². The van der Waals surface area contributed by atoms with E-state index in [1.807, 2.05) is 28.8 Å². The number of barbiturate groups is 1. The van der Waals surface area contributed by atoms with Crippen LogP contribution in [0.25, 0.3) is 17.0 Å². The zero-order valence-electron chi connectivity index (χ0n) is 17.4. The summed E-state index contributed by atoms with van der Waals surface area (Å²) in [7, 11) is 0. The lowest BCUT2D eigenvalue weighted by Gasteiger charge is -2.26. The van der Waals surface area contributed by atoms with Crippen molar-refractivity contribution < 1.29 is 18.8 Å². The first-order chi connectivity index (χ1) is 16.0. The zero-order chi connectivity index (χ0) is 22.9. The Morgan fingerprint density at radius 2 is 1.55 bits per heavy atom. The number of carbonyl (C=O) groups is 3. The lowest BCUT2D eigenvalue weighted by Crippen LogP contribution is -2.54. The van der Waals surface area contributed by atoms with E-state index in [4.69, 9.17) is 0 Å². The molecule has 1 aliphatic heterocycles. The molecule has 0 unspecified atom stereocenters. The van der Waals surface area contributed by atoms with Crippen molar-refractivity contribution in [3.8, 4) is 0 Å². The van der Waals surface area contributed by atoms with Gasteiger partial charge >= 0.3 is 6.03 Å². The van der Waals surface area contributed by atoms with Crippen molar-refractivity contribution in [1.29, 1.82) is 0 Å². The second kappa shape index (κ2) is 8.20. The number of halogens is 1. The first kappa shape index (κ1) is 20.4. The van der Waals surface area contributed by atoms with Gasteiger partial charge in [0.05, 0.1) is 12.2 Å². The molecule has 0 bridgehead atoms. The molecule has 3 aromatic carbocycles. The number of anilines is 1. The number of imide groups is 2. The molecular formula is C26H18FN3O3. The van der Waals surface area contributed by atoms with Gasteiger partial charge in [-0.1, -0.05) is 54.6 Å². The smallest absolute Gasteiger partial charge is 0.335 e. The lowest BCUT2D eigenvalue weighted by molar-refractivity contribution is -0.122. The molecule has 1 N–H and O–H groups in total. The van der Waals surface area contributed by atoms with Crippen LogP contribution in [0.2, 0.25) is 0 Å². The predicted molar refractivity (Wildman–Crippen MR) is 123 cm³/mol. The van der Waals surface area contributed by atoms with Crippen LogP contribution in [-0.4, -0.2) is 22.4 Å². The minimum absolute atomic E-state index is 0.160. The highest BCUT2D eigenvalue weighted by Gasteiger charge is 2.36. The molecule has 0 atom stereocenters. The summed E-state index contributed by atoms with van der Waals surface area (Å²) in [5.74, 6) is -1.78. The Bertz CT molecular complexity index is 1440. The van der Waals surface area contributed by atoms with Gasteiger partial charge in [0, 0.05) is 28.2 Å². The van der Waals surface area contributed by atoms with E-state index in [1.54, 1.807) is 54.7 Å². The topological polar surface area (TPSA) is 71.4 Å². The highest BCUT2D eigenvalue weighted by Crippen LogP contribution is 2.27. The maximum Gasteiger partial charge on any atom is 0.335 e. The van der Waals surface area contributed by atoms with Crippen molar-refractivity contribution in [3.63, 3.8) is 0 Å². The maximum atomic E-state index is 14.2. The van der Waals surface area contributed by atoms with Crippen molar-refractivity contribution in [2.24, 2.45) is 0 Å². The first-order valence-electron chi connectivity index (χ1n) is 10.3. The lowest BCUT2D eigenvalue weighted by atomic mass is 10.1. The summed E-state index contributed by atoms with van der Waals surface area (Å²) in [4.78, 5) is 39.0. The van der Waals surface area contributed by atoms with E-state index in [-0.39, 0.29) is 17.9 Å². The Labute approximate surface area is 188 Å². The molecule has 162 valence electrons. The molecular weight excluding hydrogens is 421 g/mol. The second-order valence-corrected chi connectivity index (χ2v) is 7.61. The van der Waals surface area contributed by atoms with Gasteiger partial charge in [0.15, 0.2) is 0 Å². The highest BCUT2D eigenvalue weighted by molar-refractivity contribution is 6.39. The van der Waals surface area contributed by atoms with Crippen LogP contribution in [-0.2, 0) is 16.1 Å². The van der Waals surface area contributed by atoms with Gasteiger partial charge < -0.3 is 4.57 Å². The normalized spacial score (nSPS) is 15.4. The number of aromatic nitrogens is 1. The molecule has 1 aliphatic rings. The third-order valence-electron chi connectivity index (χ3n) is 5.53. The largest absolute Gasteiger partial charge is 0.342 e. The number of urea groups is 1. The number of benzene rings is 3. The number of hydrogen-bond donors (Lipinski definition) is 1. The molecule has 1 aromatic heterocycles. The van der Waals surface area contributed by atoms with E-state index in [2.05, 4.69) is 5.32 Å². The monoisotopic (exact) mass is 439 g/mol. The van der Waals surface area contributed by atoms with Gasteiger partial charge in [-0.3, -0.25) is 14.9 Å². The second-order valence-electron chi connectivity index (χ2n) is 7.61. The number of fused-ring (bicyclic) bond motifs is 1. The van der Waals surface area contributed by atoms with E-state index < -0.39 is 17.8 Å². The van der Waals surface area contributed by atoms with Gasteiger partial charge in [0.25, 0.3) is 11.8 Å². The first-order valence-corrected chi connectivity index (χ1v) is 10.3. The minimum Gasteiger partial charge on any atom is -0.342 e. The summed E-state index contributed by atoms with van der Waals surface area (Å²) in [5, 5.41) is 3.03. The van der Waals surface area contributed by atoms with Crippen LogP contribution in [0.15, 0.2) is 90.6 Å². The van der Waals surface area contributed by atoms with E-state index in [0.717, 1.165) is 15.8 Å². The molecule has 1 saturated heterocycles. The van der Waals surface area contributed by atoms with Crippen LogP contribution < -0.4 is 10.2 Å². The molecule has 4 amide bonds. The molecule has 5 rings (SSSR count). The van der Waals surface area contributed by atoms with E-state index in [0.29, 0.717) is 16.8 Å². The summed E-state index contributed by atoms with van der Waals surface area (Å²) in [5.41, 5.74) is 2.16. The summed E-state index contributed by atoms with van der Waals surface area (Å²) in [6.45, 7) is 0.283. The van der Waals surface area contributed by atoms with E-state index >= 15 is 0 Å². The fourth-order valence-electron chi connectivity index (χ4n) is 3.96. The van der Waals surface area contributed by atoms with E-state index in [9.17, 15) is 18.8 Å². The molecule has 0 radical (unpaired) electrons. The van der Waals surface area contributed by atoms with Gasteiger partial charge in [0.1, 0.15) is 11.4 Å². The fourth-order valence-corrected chi connectivity index (χ4v) is 3.96. The molecule has 6 nitrogen and oxygen atoms in total. The Balaban J connectivity index is 1.58. The molecule has 2 heterocycles. The fraction of sp³-hybridized carbons (Fsp3) is 0.0385. The Morgan fingerprint density at radius 1 is 0.848 bits per heavy atom. The summed E-state index contributed by atoms with van der Waals surface area (Å²) in [6.07, 6.45) is 3.24. The summed E-state index contributed by atoms with van der Waals surface area (Å²) < 4.78 is 16.1. The molecule has 7 heteroatoms. The Hall–Kier alpha value is -4.52. The molecule has 0 spiro atoms. The van der Waals surface area contributed by atoms with Crippen LogP contribution in [0.5, 0.6) is 0 Å². The van der Waals surface area contributed by atoms with Gasteiger partial charge in [-0.15, -0.1) is 0 Å². The standard InChI is InChI=1S/C26H18FN3O3/c27-22-12-6-4-8-17(22)15-29-16-18(20-11-5-7-13-23(20)29)14-21-24(31)28-26(33)30(25(21)32)19-9-2-1-3-10-19/h1-14,16H,15H2,(H,28,31,33)/b21-14-. The maximum absolute atomic E-state index is 14.2. The summed E-state index contributed by atoms with van der Waals surface area (Å²) >= 11 is 0. The van der Waals surface area contributed by atoms with Crippen LogP contribution >= 0.6 is 0 Å². The molecule has 33 heavy (non-hydrogen) atoms. The zero-order valence-corrected chi connectivity index (χ0v) is 17.4. The molecule has 4 aromatic rings. The third kappa shape index (κ3) is 3.70. The van der Waals surface area contributed by atoms with Crippen LogP contribution in [0.1, 0.15) is 11.1 Å². The molecule has 0 saturated carbocycles. The quantitative estimate of drug-likeness (QED) is 0.376. The van der Waals surface area contributed by atoms with Crippen LogP contribution in [0, 0.1) is 5.82 Å². The summed E-state index contributed by atoms with van der Waals surface area (Å²) in [6, 6.07) is 21.6. The van der Waals surface area contributed by atoms with Crippen molar-refractivity contribution in [3.05, 3.63) is 108 Å². The minimum atomic E-state index is -0.796. The highest BCUT2D eigenvalue weighted by atomic mass is 19.1. The van der Waals surface area contributed by atoms with Gasteiger partial charge in [0.2, 0.25) is 0 Å². The van der Waals surface area contributed by atoms with Crippen molar-refractivity contribution in [2.75, 3.05) is 4.90 Å². The molecule has 1 fully saturated rings. The molecule has 0 aliphatic carbocycles. The predicted octanol–water partition coefficient (Wildman–Crippen LogP) is 4.50. The van der Waals surface area contributed by atoms with Gasteiger partial charge in [-0.05, 0) is 30.3 Å². The average molecular weight is 439 g/mol. The Kier molecular flexibility index (Phi) is 5.06. The van der Waals surface area contributed by atoms with Crippen LogP contribution in [0.4, 0.5) is 14.9 Å². The van der Waals surface area contributed by atoms with E-state index in [1.165, 1.54) is 12.1 Å². The van der Waals surface area contributed by atoms with Crippen molar-refractivity contribution >= 4 is 40.5 Å². The number of carbonyl (C=O) groups excluding carboxylic acids is 3. The number of para-hydroxylation sites is 2. The Morgan fingerprint density at radius 3 is 2.33 bits per heavy atom. The van der Waals surface area contributed by atoms with Crippen LogP contribution in [0.3, 0.4) is 0 Å². The van der Waals surface area contributed by atoms with Crippen molar-refractivity contribution in [2.45, 2.75) is 6.54 Å². The van der Waals surface area contributed by atoms with Gasteiger partial charge in [-0.2, -0.15) is 0 Å². The number of rotatable bonds is 4. The number of amides is 4. The number of hydrogen-bond acceptors (Lipinski definition) is 3. The third-order valence-corrected chi connectivity index (χ3v) is 5.53. The SMILES string of the molecule is O=C1NC(=O)N(c2ccccc2)C(=O)/C1=C\c1cn(Cc2ccccc2F)c2ccccc12. The number of nitrogens with one attached hydrogen (secondary N) is 1. The van der Waals surface area contributed by atoms with Gasteiger partial charge in [-0.25, -0.2) is 14.1 Å².